The maximum absolute atomic E-state index is 12.1. The number of carbonyl (C=O) groups excluding carboxylic acids is 2. The van der Waals surface area contributed by atoms with Crippen LogP contribution in [0.4, 0.5) is 0 Å². The first-order valence-corrected chi connectivity index (χ1v) is 6.95. The summed E-state index contributed by atoms with van der Waals surface area (Å²) >= 11 is 0. The van der Waals surface area contributed by atoms with E-state index in [2.05, 4.69) is 0 Å². The van der Waals surface area contributed by atoms with E-state index in [1.54, 1.807) is 24.3 Å². The van der Waals surface area contributed by atoms with Gasteiger partial charge in [0.15, 0.2) is 0 Å². The number of imide groups is 1. The van der Waals surface area contributed by atoms with Crippen LogP contribution >= 0.6 is 0 Å². The van der Waals surface area contributed by atoms with Crippen LogP contribution < -0.4 is 4.74 Å². The van der Waals surface area contributed by atoms with Crippen LogP contribution in [-0.4, -0.2) is 29.9 Å². The molecule has 1 aliphatic heterocycles. The second-order valence-electron chi connectivity index (χ2n) is 6.09. The van der Waals surface area contributed by atoms with Crippen molar-refractivity contribution in [1.29, 1.82) is 5.26 Å². The third-order valence-electron chi connectivity index (χ3n) is 4.46. The predicted molar refractivity (Wildman–Crippen MR) is 74.1 cm³/mol. The van der Waals surface area contributed by atoms with E-state index in [4.69, 9.17) is 10.00 Å². The van der Waals surface area contributed by atoms with Crippen molar-refractivity contribution < 1.29 is 14.3 Å². The minimum atomic E-state index is -0.168. The lowest BCUT2D eigenvalue weighted by atomic mass is 10.1. The van der Waals surface area contributed by atoms with Crippen LogP contribution in [0, 0.1) is 28.6 Å². The van der Waals surface area contributed by atoms with Crippen LogP contribution in [-0.2, 0) is 9.59 Å². The number of amides is 2. The van der Waals surface area contributed by atoms with Crippen molar-refractivity contribution in [3.05, 3.63) is 29.8 Å². The predicted octanol–water partition coefficient (Wildman–Crippen LogP) is 1.58. The fourth-order valence-electron chi connectivity index (χ4n) is 3.10. The highest BCUT2D eigenvalue weighted by atomic mass is 16.5. The highest BCUT2D eigenvalue weighted by Gasteiger charge is 2.72. The molecule has 0 radical (unpaired) electrons. The number of ether oxygens (including phenoxy) is 1. The summed E-state index contributed by atoms with van der Waals surface area (Å²) in [6.45, 7) is 4.47. The van der Waals surface area contributed by atoms with Gasteiger partial charge in [0, 0.05) is 0 Å². The Morgan fingerprint density at radius 3 is 2.29 bits per heavy atom. The molecule has 0 aromatic heterocycles. The number of hydrogen-bond acceptors (Lipinski definition) is 4. The molecule has 3 rings (SSSR count). The van der Waals surface area contributed by atoms with E-state index >= 15 is 0 Å². The molecule has 5 nitrogen and oxygen atoms in total. The average Bonchev–Trinajstić information content (AvgIpc) is 2.94. The third-order valence-corrected chi connectivity index (χ3v) is 4.46. The fourth-order valence-corrected chi connectivity index (χ4v) is 3.10. The monoisotopic (exact) mass is 284 g/mol. The molecule has 0 N–H and O–H groups in total. The van der Waals surface area contributed by atoms with E-state index in [1.807, 2.05) is 19.9 Å². The molecule has 1 aliphatic carbocycles. The number of carbonyl (C=O) groups is 2. The van der Waals surface area contributed by atoms with Crippen molar-refractivity contribution in [3.63, 3.8) is 0 Å². The molecule has 0 bridgehead atoms. The smallest absolute Gasteiger partial charge is 0.233 e. The molecule has 1 heterocycles. The Bertz CT molecular complexity index is 618. The molecule has 2 unspecified atom stereocenters. The molecule has 2 amide bonds. The van der Waals surface area contributed by atoms with E-state index < -0.39 is 0 Å². The maximum Gasteiger partial charge on any atom is 0.233 e. The van der Waals surface area contributed by atoms with Gasteiger partial charge in [0.1, 0.15) is 12.4 Å². The number of fused-ring (bicyclic) bond motifs is 1. The molecule has 2 fully saturated rings. The summed E-state index contributed by atoms with van der Waals surface area (Å²) in [5.74, 6) is 0.204. The highest BCUT2D eigenvalue weighted by molar-refractivity contribution is 6.10. The molecule has 5 heteroatoms. The Hall–Kier alpha value is -2.35. The molecule has 21 heavy (non-hydrogen) atoms. The summed E-state index contributed by atoms with van der Waals surface area (Å²) in [5, 5.41) is 8.71. The van der Waals surface area contributed by atoms with Crippen molar-refractivity contribution in [2.75, 3.05) is 13.2 Å². The van der Waals surface area contributed by atoms with Gasteiger partial charge in [0.25, 0.3) is 0 Å². The SMILES string of the molecule is CC1(C)C2C(=O)N(CCOc3ccc(C#N)cc3)C(=O)C21. The minimum absolute atomic E-state index is 0.0709. The van der Waals surface area contributed by atoms with Gasteiger partial charge >= 0.3 is 0 Å². The van der Waals surface area contributed by atoms with E-state index in [1.165, 1.54) is 4.90 Å². The van der Waals surface area contributed by atoms with Gasteiger partial charge in [0.2, 0.25) is 11.8 Å². The zero-order chi connectivity index (χ0) is 15.2. The van der Waals surface area contributed by atoms with Crippen LogP contribution in [0.25, 0.3) is 0 Å². The lowest BCUT2D eigenvalue weighted by Crippen LogP contribution is -2.38. The Morgan fingerprint density at radius 2 is 1.76 bits per heavy atom. The minimum Gasteiger partial charge on any atom is -0.492 e. The van der Waals surface area contributed by atoms with Crippen molar-refractivity contribution >= 4 is 11.8 Å². The summed E-state index contributed by atoms with van der Waals surface area (Å²) in [6.07, 6.45) is 0. The van der Waals surface area contributed by atoms with Gasteiger partial charge in [-0.15, -0.1) is 0 Å². The summed E-state index contributed by atoms with van der Waals surface area (Å²) < 4.78 is 5.51. The first-order chi connectivity index (χ1) is 9.96. The Morgan fingerprint density at radius 1 is 1.19 bits per heavy atom. The second kappa shape index (κ2) is 4.59. The average molecular weight is 284 g/mol. The van der Waals surface area contributed by atoms with Gasteiger partial charge < -0.3 is 4.74 Å². The molecular formula is C16H16N2O3. The molecule has 1 aromatic rings. The summed E-state index contributed by atoms with van der Waals surface area (Å²) in [4.78, 5) is 25.5. The number of rotatable bonds is 4. The first-order valence-electron chi connectivity index (χ1n) is 6.95. The van der Waals surface area contributed by atoms with Crippen LogP contribution in [0.3, 0.4) is 0 Å². The number of hydrogen-bond donors (Lipinski definition) is 0. The van der Waals surface area contributed by atoms with Crippen LogP contribution in [0.2, 0.25) is 0 Å². The van der Waals surface area contributed by atoms with E-state index in [9.17, 15) is 9.59 Å². The molecule has 1 saturated carbocycles. The van der Waals surface area contributed by atoms with Crippen molar-refractivity contribution in [3.8, 4) is 11.8 Å². The van der Waals surface area contributed by atoms with E-state index in [-0.39, 0.29) is 42.2 Å². The second-order valence-corrected chi connectivity index (χ2v) is 6.09. The Labute approximate surface area is 123 Å². The number of piperidine rings is 1. The molecule has 108 valence electrons. The Kier molecular flexibility index (Phi) is 2.98. The van der Waals surface area contributed by atoms with Crippen LogP contribution in [0.15, 0.2) is 24.3 Å². The number of likely N-dealkylation sites (tertiary alicyclic amines) is 1. The van der Waals surface area contributed by atoms with Gasteiger partial charge in [-0.25, -0.2) is 0 Å². The van der Waals surface area contributed by atoms with E-state index in [0.717, 1.165) is 0 Å². The van der Waals surface area contributed by atoms with Gasteiger partial charge in [-0.2, -0.15) is 5.26 Å². The summed E-state index contributed by atoms with van der Waals surface area (Å²) in [6, 6.07) is 8.76. The van der Waals surface area contributed by atoms with Crippen molar-refractivity contribution in [2.45, 2.75) is 13.8 Å². The lowest BCUT2D eigenvalue weighted by Gasteiger charge is -2.20. The number of benzene rings is 1. The summed E-state index contributed by atoms with van der Waals surface area (Å²) in [5.41, 5.74) is 0.396. The largest absolute Gasteiger partial charge is 0.492 e. The molecule has 0 spiro atoms. The van der Waals surface area contributed by atoms with E-state index in [0.29, 0.717) is 11.3 Å². The zero-order valence-electron chi connectivity index (χ0n) is 12.0. The van der Waals surface area contributed by atoms with Gasteiger partial charge in [-0.1, -0.05) is 13.8 Å². The van der Waals surface area contributed by atoms with Gasteiger partial charge in [-0.05, 0) is 29.7 Å². The molecular weight excluding hydrogens is 268 g/mol. The standard InChI is InChI=1S/C16H16N2O3/c1-16(2)12-13(16)15(20)18(14(12)19)7-8-21-11-5-3-10(9-17)4-6-11/h3-6,12-13H,7-8H2,1-2H3. The topological polar surface area (TPSA) is 70.4 Å². The van der Waals surface area contributed by atoms with Crippen LogP contribution in [0.5, 0.6) is 5.75 Å². The summed E-state index contributed by atoms with van der Waals surface area (Å²) in [7, 11) is 0. The van der Waals surface area contributed by atoms with Gasteiger partial charge in [0.05, 0.1) is 30.0 Å². The highest BCUT2D eigenvalue weighted by Crippen LogP contribution is 2.63. The Balaban J connectivity index is 1.54. The molecule has 2 aliphatic rings. The maximum atomic E-state index is 12.1. The normalized spacial score (nSPS) is 25.5. The third kappa shape index (κ3) is 2.07. The van der Waals surface area contributed by atoms with Crippen molar-refractivity contribution in [2.24, 2.45) is 17.3 Å². The van der Waals surface area contributed by atoms with Crippen LogP contribution in [0.1, 0.15) is 19.4 Å². The molecule has 2 atom stereocenters. The number of nitriles is 1. The van der Waals surface area contributed by atoms with Gasteiger partial charge in [-0.3, -0.25) is 14.5 Å². The lowest BCUT2D eigenvalue weighted by molar-refractivity contribution is -0.143. The number of nitrogens with zero attached hydrogens (tertiary/aromatic N) is 2. The molecule has 1 aromatic carbocycles. The van der Waals surface area contributed by atoms with Crippen molar-refractivity contribution in [1.82, 2.24) is 4.90 Å². The zero-order valence-corrected chi connectivity index (χ0v) is 12.0. The quantitative estimate of drug-likeness (QED) is 0.787. The fraction of sp³-hybridized carbons (Fsp3) is 0.438. The first kappa shape index (κ1) is 13.6. The molecule has 1 saturated heterocycles.